The molecule has 0 spiro atoms. The Hall–Kier alpha value is -2.84. The SMILES string of the molecule is Cn1ncc(C(=O)Nc2cc(C(F)(F)F)c3cn[nH]c3c2)c1C1CC1. The van der Waals surface area contributed by atoms with E-state index in [1.54, 1.807) is 11.7 Å². The lowest BCUT2D eigenvalue weighted by Gasteiger charge is -2.12. The molecule has 1 fully saturated rings. The fourth-order valence-corrected chi connectivity index (χ4v) is 3.02. The number of alkyl halides is 3. The summed E-state index contributed by atoms with van der Waals surface area (Å²) < 4.78 is 41.4. The molecule has 0 radical (unpaired) electrons. The van der Waals surface area contributed by atoms with Crippen molar-refractivity contribution in [1.29, 1.82) is 0 Å². The van der Waals surface area contributed by atoms with Crippen LogP contribution in [0.1, 0.15) is 40.4 Å². The molecular weight excluding hydrogens is 335 g/mol. The van der Waals surface area contributed by atoms with Crippen LogP contribution in [0.15, 0.2) is 24.5 Å². The van der Waals surface area contributed by atoms with Crippen LogP contribution in [0.4, 0.5) is 18.9 Å². The first-order chi connectivity index (χ1) is 11.8. The molecular formula is C16H14F3N5O. The third kappa shape index (κ3) is 2.75. The second kappa shape index (κ2) is 5.33. The van der Waals surface area contributed by atoms with E-state index >= 15 is 0 Å². The van der Waals surface area contributed by atoms with Crippen LogP contribution in [0.2, 0.25) is 0 Å². The van der Waals surface area contributed by atoms with E-state index in [0.29, 0.717) is 5.56 Å². The van der Waals surface area contributed by atoms with Crippen LogP contribution in [0.3, 0.4) is 0 Å². The number of nitrogens with one attached hydrogen (secondary N) is 2. The predicted octanol–water partition coefficient (Wildman–Crippen LogP) is 3.44. The molecule has 1 amide bonds. The quantitative estimate of drug-likeness (QED) is 0.760. The number of anilines is 1. The van der Waals surface area contributed by atoms with Gasteiger partial charge in [0, 0.05) is 24.0 Å². The fourth-order valence-electron chi connectivity index (χ4n) is 3.02. The van der Waals surface area contributed by atoms with Crippen molar-refractivity contribution >= 4 is 22.5 Å². The zero-order valence-electron chi connectivity index (χ0n) is 13.2. The predicted molar refractivity (Wildman–Crippen MR) is 84.2 cm³/mol. The van der Waals surface area contributed by atoms with Crippen molar-refractivity contribution in [1.82, 2.24) is 20.0 Å². The average Bonchev–Trinajstić information content (AvgIpc) is 3.12. The molecule has 0 saturated heterocycles. The summed E-state index contributed by atoms with van der Waals surface area (Å²) in [5.74, 6) is -0.184. The first-order valence-electron chi connectivity index (χ1n) is 7.72. The lowest BCUT2D eigenvalue weighted by molar-refractivity contribution is -0.136. The van der Waals surface area contributed by atoms with Crippen LogP contribution < -0.4 is 5.32 Å². The number of rotatable bonds is 3. The van der Waals surface area contributed by atoms with Crippen LogP contribution in [-0.4, -0.2) is 25.9 Å². The van der Waals surface area contributed by atoms with Crippen LogP contribution in [0.25, 0.3) is 10.9 Å². The molecule has 1 aliphatic carbocycles. The molecule has 9 heteroatoms. The number of aryl methyl sites for hydroxylation is 1. The number of aromatic nitrogens is 4. The van der Waals surface area contributed by atoms with Crippen LogP contribution in [0, 0.1) is 0 Å². The number of nitrogens with zero attached hydrogens (tertiary/aromatic N) is 3. The Morgan fingerprint density at radius 1 is 1.32 bits per heavy atom. The van der Waals surface area contributed by atoms with Crippen molar-refractivity contribution in [2.45, 2.75) is 24.9 Å². The van der Waals surface area contributed by atoms with Gasteiger partial charge in [-0.3, -0.25) is 14.6 Å². The highest BCUT2D eigenvalue weighted by atomic mass is 19.4. The molecule has 3 aromatic rings. The molecule has 0 atom stereocenters. The Balaban J connectivity index is 1.70. The van der Waals surface area contributed by atoms with Gasteiger partial charge in [-0.15, -0.1) is 0 Å². The molecule has 2 aromatic heterocycles. The minimum Gasteiger partial charge on any atom is -0.322 e. The zero-order chi connectivity index (χ0) is 17.8. The Labute approximate surface area is 140 Å². The summed E-state index contributed by atoms with van der Waals surface area (Å²) >= 11 is 0. The third-order valence-corrected chi connectivity index (χ3v) is 4.32. The summed E-state index contributed by atoms with van der Waals surface area (Å²) in [6, 6.07) is 2.35. The molecule has 130 valence electrons. The Morgan fingerprint density at radius 2 is 2.08 bits per heavy atom. The number of carbonyl (C=O) groups excluding carboxylic acids is 1. The van der Waals surface area contributed by atoms with E-state index in [1.165, 1.54) is 12.3 Å². The number of amides is 1. The number of benzene rings is 1. The third-order valence-electron chi connectivity index (χ3n) is 4.32. The van der Waals surface area contributed by atoms with Crippen molar-refractivity contribution < 1.29 is 18.0 Å². The van der Waals surface area contributed by atoms with Gasteiger partial charge in [-0.05, 0) is 25.0 Å². The Morgan fingerprint density at radius 3 is 2.76 bits per heavy atom. The molecule has 4 rings (SSSR count). The first kappa shape index (κ1) is 15.7. The van der Waals surface area contributed by atoms with Gasteiger partial charge in [-0.2, -0.15) is 23.4 Å². The zero-order valence-corrected chi connectivity index (χ0v) is 13.2. The minimum atomic E-state index is -4.55. The number of carbonyl (C=O) groups is 1. The normalized spacial score (nSPS) is 14.9. The lowest BCUT2D eigenvalue weighted by Crippen LogP contribution is -2.15. The number of hydrogen-bond acceptors (Lipinski definition) is 3. The monoisotopic (exact) mass is 349 g/mol. The summed E-state index contributed by atoms with van der Waals surface area (Å²) in [5.41, 5.74) is 0.625. The van der Waals surface area contributed by atoms with Gasteiger partial charge in [-0.1, -0.05) is 0 Å². The van der Waals surface area contributed by atoms with Crippen molar-refractivity contribution in [3.8, 4) is 0 Å². The van der Waals surface area contributed by atoms with Crippen molar-refractivity contribution in [2.24, 2.45) is 7.05 Å². The first-order valence-corrected chi connectivity index (χ1v) is 7.72. The minimum absolute atomic E-state index is 0.0365. The van der Waals surface area contributed by atoms with Crippen LogP contribution in [-0.2, 0) is 13.2 Å². The maximum Gasteiger partial charge on any atom is 0.417 e. The molecule has 0 bridgehead atoms. The maximum atomic E-state index is 13.2. The smallest absolute Gasteiger partial charge is 0.322 e. The fraction of sp³-hybridized carbons (Fsp3) is 0.312. The van der Waals surface area contributed by atoms with E-state index in [9.17, 15) is 18.0 Å². The van der Waals surface area contributed by atoms with E-state index in [0.717, 1.165) is 30.8 Å². The summed E-state index contributed by atoms with van der Waals surface area (Å²) in [4.78, 5) is 12.5. The van der Waals surface area contributed by atoms with Gasteiger partial charge in [0.25, 0.3) is 5.91 Å². The number of fused-ring (bicyclic) bond motifs is 1. The highest BCUT2D eigenvalue weighted by Crippen LogP contribution is 2.41. The number of aromatic amines is 1. The molecule has 1 aromatic carbocycles. The number of hydrogen-bond donors (Lipinski definition) is 2. The molecule has 2 N–H and O–H groups in total. The van der Waals surface area contributed by atoms with Gasteiger partial charge >= 0.3 is 6.18 Å². The largest absolute Gasteiger partial charge is 0.417 e. The summed E-state index contributed by atoms with van der Waals surface area (Å²) in [6.45, 7) is 0. The van der Waals surface area contributed by atoms with Gasteiger partial charge in [0.1, 0.15) is 0 Å². The molecule has 25 heavy (non-hydrogen) atoms. The van der Waals surface area contributed by atoms with E-state index < -0.39 is 17.6 Å². The average molecular weight is 349 g/mol. The van der Waals surface area contributed by atoms with Crippen molar-refractivity contribution in [2.75, 3.05) is 5.32 Å². The van der Waals surface area contributed by atoms with E-state index in [4.69, 9.17) is 0 Å². The van der Waals surface area contributed by atoms with Crippen LogP contribution in [0.5, 0.6) is 0 Å². The van der Waals surface area contributed by atoms with E-state index in [1.807, 2.05) is 0 Å². The standard InChI is InChI=1S/C16H14F3N5O/c1-24-14(8-2-3-8)11(7-21-24)15(25)22-9-4-12(16(17,18)19)10-6-20-23-13(10)5-9/h4-8H,2-3H2,1H3,(H,20,23)(H,22,25). The molecule has 1 aliphatic rings. The van der Waals surface area contributed by atoms with Gasteiger partial charge in [0.05, 0.1) is 34.7 Å². The van der Waals surface area contributed by atoms with Crippen LogP contribution >= 0.6 is 0 Å². The molecule has 0 unspecified atom stereocenters. The van der Waals surface area contributed by atoms with Crippen molar-refractivity contribution in [3.63, 3.8) is 0 Å². The summed E-state index contributed by atoms with van der Waals surface area (Å²) in [6.07, 6.45) is -0.00886. The van der Waals surface area contributed by atoms with Gasteiger partial charge in [0.15, 0.2) is 0 Å². The molecule has 1 saturated carbocycles. The molecule has 0 aliphatic heterocycles. The maximum absolute atomic E-state index is 13.2. The van der Waals surface area contributed by atoms with E-state index in [-0.39, 0.29) is 22.5 Å². The Kier molecular flexibility index (Phi) is 3.34. The van der Waals surface area contributed by atoms with Gasteiger partial charge in [0.2, 0.25) is 0 Å². The van der Waals surface area contributed by atoms with E-state index in [2.05, 4.69) is 20.6 Å². The second-order valence-electron chi connectivity index (χ2n) is 6.15. The second-order valence-corrected chi connectivity index (χ2v) is 6.15. The molecule has 2 heterocycles. The Bertz CT molecular complexity index is 968. The summed E-state index contributed by atoms with van der Waals surface area (Å²) in [5, 5.41) is 12.8. The molecule has 6 nitrogen and oxygen atoms in total. The highest BCUT2D eigenvalue weighted by Gasteiger charge is 2.34. The number of halogens is 3. The highest BCUT2D eigenvalue weighted by molar-refractivity contribution is 6.06. The lowest BCUT2D eigenvalue weighted by atomic mass is 10.1. The summed E-state index contributed by atoms with van der Waals surface area (Å²) in [7, 11) is 1.75. The topological polar surface area (TPSA) is 75.6 Å². The van der Waals surface area contributed by atoms with Gasteiger partial charge in [-0.25, -0.2) is 0 Å². The van der Waals surface area contributed by atoms with Gasteiger partial charge < -0.3 is 5.32 Å². The van der Waals surface area contributed by atoms with Crippen molar-refractivity contribution in [3.05, 3.63) is 41.3 Å². The number of H-pyrrole nitrogens is 1.